The minimum Gasteiger partial charge on any atom is -0.459 e. The van der Waals surface area contributed by atoms with Gasteiger partial charge in [-0.05, 0) is 12.1 Å². The van der Waals surface area contributed by atoms with Gasteiger partial charge < -0.3 is 10.1 Å². The lowest BCUT2D eigenvalue weighted by atomic mass is 10.2. The van der Waals surface area contributed by atoms with Crippen LogP contribution in [-0.2, 0) is 28.0 Å². The lowest BCUT2D eigenvalue weighted by molar-refractivity contribution is -0.145. The first-order chi connectivity index (χ1) is 13.1. The van der Waals surface area contributed by atoms with E-state index in [2.05, 4.69) is 15.4 Å². The number of thioether (sulfide) groups is 1. The highest BCUT2D eigenvalue weighted by Crippen LogP contribution is 2.36. The Morgan fingerprint density at radius 3 is 3.04 bits per heavy atom. The predicted octanol–water partition coefficient (Wildman–Crippen LogP) is 3.09. The fraction of sp³-hybridized carbons (Fsp3) is 0.222. The molecule has 1 atom stereocenters. The molecule has 1 aromatic carbocycles. The van der Waals surface area contributed by atoms with Crippen molar-refractivity contribution in [2.24, 2.45) is 7.05 Å². The van der Waals surface area contributed by atoms with E-state index >= 15 is 0 Å². The second-order valence-corrected chi connectivity index (χ2v) is 8.11. The van der Waals surface area contributed by atoms with Crippen LogP contribution in [0.15, 0.2) is 46.9 Å². The second-order valence-electron chi connectivity index (χ2n) is 6.00. The Morgan fingerprint density at radius 2 is 2.22 bits per heavy atom. The maximum Gasteiger partial charge on any atom is 0.307 e. The van der Waals surface area contributed by atoms with Crippen molar-refractivity contribution >= 4 is 40.7 Å². The number of fused-ring (bicyclic) bond motifs is 1. The highest BCUT2D eigenvalue weighted by atomic mass is 32.2. The number of amides is 1. The molecule has 138 valence electrons. The number of benzene rings is 1. The van der Waals surface area contributed by atoms with Crippen LogP contribution in [0.1, 0.15) is 12.1 Å². The lowest BCUT2D eigenvalue weighted by Gasteiger charge is -2.23. The summed E-state index contributed by atoms with van der Waals surface area (Å²) in [4.78, 5) is 29.8. The van der Waals surface area contributed by atoms with Gasteiger partial charge in [0.25, 0.3) is 0 Å². The Kier molecular flexibility index (Phi) is 4.95. The maximum atomic E-state index is 12.2. The number of carbonyl (C=O) groups is 2. The molecule has 1 N–H and O–H groups in total. The van der Waals surface area contributed by atoms with Crippen LogP contribution < -0.4 is 5.32 Å². The van der Waals surface area contributed by atoms with Crippen molar-refractivity contribution in [2.75, 3.05) is 5.32 Å². The number of rotatable bonds is 5. The van der Waals surface area contributed by atoms with Gasteiger partial charge in [0, 0.05) is 29.1 Å². The van der Waals surface area contributed by atoms with E-state index in [0.717, 1.165) is 21.2 Å². The van der Waals surface area contributed by atoms with E-state index in [1.54, 1.807) is 10.9 Å². The summed E-state index contributed by atoms with van der Waals surface area (Å²) in [6.45, 7) is 0.0885. The zero-order chi connectivity index (χ0) is 18.8. The number of para-hydroxylation sites is 1. The standard InChI is InChI=1S/C18H16N4O3S2/c1-22-8-11(7-19-22)18-20-12(10-26-18)9-25-16(23)6-15-17(24)21-13-4-2-3-5-14(13)27-15/h2-5,7-8,10,15H,6,9H2,1H3,(H,21,24). The molecule has 0 saturated heterocycles. The Morgan fingerprint density at radius 1 is 1.37 bits per heavy atom. The van der Waals surface area contributed by atoms with Crippen molar-refractivity contribution in [3.05, 3.63) is 47.7 Å². The van der Waals surface area contributed by atoms with Gasteiger partial charge >= 0.3 is 5.97 Å². The number of aryl methyl sites for hydroxylation is 1. The van der Waals surface area contributed by atoms with Crippen LogP contribution in [0.4, 0.5) is 5.69 Å². The third-order valence-electron chi connectivity index (χ3n) is 3.94. The molecule has 3 heterocycles. The topological polar surface area (TPSA) is 86.1 Å². The number of aromatic nitrogens is 3. The average molecular weight is 400 g/mol. The summed E-state index contributed by atoms with van der Waals surface area (Å²) in [5.74, 6) is -0.596. The first-order valence-corrected chi connectivity index (χ1v) is 10.00. The number of hydrogen-bond donors (Lipinski definition) is 1. The first kappa shape index (κ1) is 17.7. The van der Waals surface area contributed by atoms with Gasteiger partial charge in [-0.3, -0.25) is 14.3 Å². The normalized spacial score (nSPS) is 15.9. The molecule has 1 amide bonds. The Bertz CT molecular complexity index is 998. The molecule has 0 saturated carbocycles. The van der Waals surface area contributed by atoms with Crippen LogP contribution in [0.2, 0.25) is 0 Å². The highest BCUT2D eigenvalue weighted by molar-refractivity contribution is 8.01. The third-order valence-corrected chi connectivity index (χ3v) is 6.16. The van der Waals surface area contributed by atoms with Gasteiger partial charge in [0.1, 0.15) is 11.6 Å². The highest BCUT2D eigenvalue weighted by Gasteiger charge is 2.29. The zero-order valence-corrected chi connectivity index (χ0v) is 16.0. The van der Waals surface area contributed by atoms with E-state index < -0.39 is 11.2 Å². The number of anilines is 1. The molecule has 0 bridgehead atoms. The van der Waals surface area contributed by atoms with E-state index in [1.165, 1.54) is 23.1 Å². The molecular formula is C18H16N4O3S2. The SMILES string of the molecule is Cn1cc(-c2nc(COC(=O)CC3Sc4ccccc4NC3=O)cs2)cn1. The lowest BCUT2D eigenvalue weighted by Crippen LogP contribution is -2.31. The summed E-state index contributed by atoms with van der Waals surface area (Å²) < 4.78 is 7.02. The Balaban J connectivity index is 1.33. The minimum absolute atomic E-state index is 0.0183. The molecule has 27 heavy (non-hydrogen) atoms. The smallest absolute Gasteiger partial charge is 0.307 e. The van der Waals surface area contributed by atoms with Gasteiger partial charge in [0.05, 0.1) is 29.2 Å². The summed E-state index contributed by atoms with van der Waals surface area (Å²) in [7, 11) is 1.84. The zero-order valence-electron chi connectivity index (χ0n) is 14.4. The first-order valence-electron chi connectivity index (χ1n) is 8.24. The predicted molar refractivity (Wildman–Crippen MR) is 103 cm³/mol. The largest absolute Gasteiger partial charge is 0.459 e. The molecule has 2 aromatic heterocycles. The summed E-state index contributed by atoms with van der Waals surface area (Å²) in [6.07, 6.45) is 3.64. The van der Waals surface area contributed by atoms with Gasteiger partial charge in [-0.25, -0.2) is 4.98 Å². The molecule has 1 aliphatic rings. The molecule has 0 fully saturated rings. The molecular weight excluding hydrogens is 384 g/mol. The molecule has 7 nitrogen and oxygen atoms in total. The number of thiazole rings is 1. The van der Waals surface area contributed by atoms with Gasteiger partial charge in [-0.1, -0.05) is 12.1 Å². The molecule has 9 heteroatoms. The van der Waals surface area contributed by atoms with Crippen molar-refractivity contribution in [3.63, 3.8) is 0 Å². The third kappa shape index (κ3) is 4.04. The number of carbonyl (C=O) groups excluding carboxylic acids is 2. The molecule has 4 rings (SSSR count). The Hall–Kier alpha value is -2.65. The van der Waals surface area contributed by atoms with E-state index in [-0.39, 0.29) is 18.9 Å². The van der Waals surface area contributed by atoms with Crippen molar-refractivity contribution < 1.29 is 14.3 Å². The van der Waals surface area contributed by atoms with Crippen LogP contribution in [0.3, 0.4) is 0 Å². The average Bonchev–Trinajstić information content (AvgIpc) is 3.29. The van der Waals surface area contributed by atoms with Crippen molar-refractivity contribution in [1.29, 1.82) is 0 Å². The van der Waals surface area contributed by atoms with Crippen molar-refractivity contribution in [3.8, 4) is 10.6 Å². The molecule has 0 radical (unpaired) electrons. The van der Waals surface area contributed by atoms with Crippen molar-refractivity contribution in [2.45, 2.75) is 23.2 Å². The van der Waals surface area contributed by atoms with Gasteiger partial charge in [-0.2, -0.15) is 5.10 Å². The van der Waals surface area contributed by atoms with Gasteiger partial charge in [0.2, 0.25) is 5.91 Å². The number of nitrogens with one attached hydrogen (secondary N) is 1. The van der Waals surface area contributed by atoms with Crippen LogP contribution in [0, 0.1) is 0 Å². The summed E-state index contributed by atoms with van der Waals surface area (Å²) in [5.41, 5.74) is 2.38. The van der Waals surface area contributed by atoms with Crippen molar-refractivity contribution in [1.82, 2.24) is 14.8 Å². The number of ether oxygens (including phenoxy) is 1. The summed E-state index contributed by atoms with van der Waals surface area (Å²) in [6, 6.07) is 7.53. The minimum atomic E-state index is -0.492. The van der Waals surface area contributed by atoms with E-state index in [9.17, 15) is 9.59 Å². The fourth-order valence-electron chi connectivity index (χ4n) is 2.63. The fourth-order valence-corrected chi connectivity index (χ4v) is 4.50. The van der Waals surface area contributed by atoms with Gasteiger partial charge in [0.15, 0.2) is 0 Å². The summed E-state index contributed by atoms with van der Waals surface area (Å²) >= 11 is 2.86. The molecule has 3 aromatic rings. The number of nitrogens with zero attached hydrogens (tertiary/aromatic N) is 3. The van der Waals surface area contributed by atoms with Crippen LogP contribution in [0.5, 0.6) is 0 Å². The van der Waals surface area contributed by atoms with Crippen LogP contribution in [-0.4, -0.2) is 31.9 Å². The van der Waals surface area contributed by atoms with E-state index in [0.29, 0.717) is 5.69 Å². The van der Waals surface area contributed by atoms with Crippen LogP contribution >= 0.6 is 23.1 Å². The maximum absolute atomic E-state index is 12.2. The van der Waals surface area contributed by atoms with E-state index in [4.69, 9.17) is 4.74 Å². The molecule has 1 unspecified atom stereocenters. The summed E-state index contributed by atoms with van der Waals surface area (Å²) in [5, 5.41) is 9.14. The number of esters is 1. The van der Waals surface area contributed by atoms with Gasteiger partial charge in [-0.15, -0.1) is 23.1 Å². The van der Waals surface area contributed by atoms with E-state index in [1.807, 2.05) is 42.9 Å². The van der Waals surface area contributed by atoms with Crippen LogP contribution in [0.25, 0.3) is 10.6 Å². The molecule has 0 aliphatic carbocycles. The monoisotopic (exact) mass is 400 g/mol. The number of hydrogen-bond acceptors (Lipinski definition) is 7. The molecule has 1 aliphatic heterocycles. The second kappa shape index (κ2) is 7.53. The Labute approximate surface area is 163 Å². The molecule has 0 spiro atoms. The quantitative estimate of drug-likeness (QED) is 0.663.